The van der Waals surface area contributed by atoms with Crippen molar-refractivity contribution in [3.63, 3.8) is 0 Å². The maximum absolute atomic E-state index is 8.56. The average Bonchev–Trinajstić information content (AvgIpc) is 1.63. The fourth-order valence-corrected chi connectivity index (χ4v) is 0. The number of carboxylic acid groups (broad SMARTS) is 2. The van der Waals surface area contributed by atoms with Gasteiger partial charge in [0.15, 0.2) is 0 Å². The van der Waals surface area contributed by atoms with E-state index in [9.17, 15) is 0 Å². The molecule has 62 valence electrons. The number of nitrogens with two attached hydrogens (primary N) is 2. The Bertz CT molecular complexity index is 82.9. The zero-order chi connectivity index (χ0) is 8.73. The first kappa shape index (κ1) is 11.9. The summed E-state index contributed by atoms with van der Waals surface area (Å²) in [4.78, 5) is 8.56. The van der Waals surface area contributed by atoms with Gasteiger partial charge in [-0.05, 0) is 13.8 Å². The molecule has 0 fully saturated rings. The molecule has 5 nitrogen and oxygen atoms in total. The maximum atomic E-state index is 8.56. The summed E-state index contributed by atoms with van der Waals surface area (Å²) >= 11 is 0. The van der Waals surface area contributed by atoms with E-state index >= 15 is 0 Å². The van der Waals surface area contributed by atoms with Gasteiger partial charge in [-0.15, -0.1) is 0 Å². The van der Waals surface area contributed by atoms with Crippen LogP contribution in [-0.2, 0) is 0 Å². The summed E-state index contributed by atoms with van der Waals surface area (Å²) in [7, 11) is 0. The predicted molar refractivity (Wildman–Crippen MR) is 38.0 cm³/mol. The average molecular weight is 150 g/mol. The first-order valence-corrected chi connectivity index (χ1v) is 2.81. The van der Waals surface area contributed by atoms with Gasteiger partial charge in [0, 0.05) is 12.1 Å². The zero-order valence-electron chi connectivity index (χ0n) is 6.11. The normalized spacial score (nSPS) is 14.4. The standard InChI is InChI=1S/C4H12N2.CH2O3/c1-3(5)4(2)6;2-1(3)4/h3-4H,5-6H2,1-2H3;(H2,2,3,4). The van der Waals surface area contributed by atoms with Crippen LogP contribution in [0.4, 0.5) is 4.79 Å². The van der Waals surface area contributed by atoms with Crippen LogP contribution in [0.5, 0.6) is 0 Å². The SMILES string of the molecule is CC(N)C(C)N.O=C(O)O. The van der Waals surface area contributed by atoms with Gasteiger partial charge in [-0.1, -0.05) is 0 Å². The molecule has 0 aromatic rings. The Hall–Kier alpha value is -0.810. The number of hydrogen-bond donors (Lipinski definition) is 4. The van der Waals surface area contributed by atoms with Gasteiger partial charge in [-0.2, -0.15) is 0 Å². The number of rotatable bonds is 1. The Morgan fingerprint density at radius 1 is 1.20 bits per heavy atom. The van der Waals surface area contributed by atoms with Crippen molar-refractivity contribution in [3.8, 4) is 0 Å². The third-order valence-electron chi connectivity index (χ3n) is 0.829. The number of carbonyl (C=O) groups is 1. The lowest BCUT2D eigenvalue weighted by atomic mass is 10.2. The molecule has 0 spiro atoms. The van der Waals surface area contributed by atoms with Crippen LogP contribution >= 0.6 is 0 Å². The van der Waals surface area contributed by atoms with Crippen molar-refractivity contribution in [1.82, 2.24) is 0 Å². The van der Waals surface area contributed by atoms with Crippen molar-refractivity contribution >= 4 is 6.16 Å². The van der Waals surface area contributed by atoms with Crippen LogP contribution in [0, 0.1) is 0 Å². The smallest absolute Gasteiger partial charge is 0.450 e. The van der Waals surface area contributed by atoms with E-state index in [1.54, 1.807) is 0 Å². The molecule has 0 radical (unpaired) electrons. The molecule has 0 aliphatic carbocycles. The minimum absolute atomic E-state index is 0.130. The molecule has 2 unspecified atom stereocenters. The van der Waals surface area contributed by atoms with Crippen LogP contribution in [0.25, 0.3) is 0 Å². The van der Waals surface area contributed by atoms with Gasteiger partial charge in [-0.25, -0.2) is 4.79 Å². The van der Waals surface area contributed by atoms with E-state index in [-0.39, 0.29) is 12.1 Å². The summed E-state index contributed by atoms with van der Waals surface area (Å²) in [5, 5.41) is 13.9. The van der Waals surface area contributed by atoms with Crippen LogP contribution in [-0.4, -0.2) is 28.5 Å². The van der Waals surface area contributed by atoms with Gasteiger partial charge in [0.05, 0.1) is 0 Å². The Morgan fingerprint density at radius 2 is 1.30 bits per heavy atom. The Labute approximate surface area is 59.6 Å². The Kier molecular flexibility index (Phi) is 7.53. The third-order valence-corrected chi connectivity index (χ3v) is 0.829. The van der Waals surface area contributed by atoms with E-state index in [1.165, 1.54) is 0 Å². The van der Waals surface area contributed by atoms with Crippen molar-refractivity contribution in [1.29, 1.82) is 0 Å². The largest absolute Gasteiger partial charge is 0.503 e. The molecular formula is C5H14N2O3. The second-order valence-electron chi connectivity index (χ2n) is 2.00. The molecule has 0 aromatic heterocycles. The molecule has 0 aliphatic rings. The maximum Gasteiger partial charge on any atom is 0.503 e. The van der Waals surface area contributed by atoms with E-state index < -0.39 is 6.16 Å². The highest BCUT2D eigenvalue weighted by atomic mass is 16.6. The van der Waals surface area contributed by atoms with Crippen molar-refractivity contribution in [3.05, 3.63) is 0 Å². The minimum atomic E-state index is -1.83. The summed E-state index contributed by atoms with van der Waals surface area (Å²) in [6.07, 6.45) is -1.83. The highest BCUT2D eigenvalue weighted by Crippen LogP contribution is 1.77. The molecular weight excluding hydrogens is 136 g/mol. The quantitative estimate of drug-likeness (QED) is 0.417. The van der Waals surface area contributed by atoms with E-state index in [4.69, 9.17) is 26.5 Å². The van der Waals surface area contributed by atoms with Crippen LogP contribution in [0.2, 0.25) is 0 Å². The Morgan fingerprint density at radius 3 is 1.30 bits per heavy atom. The molecule has 2 atom stereocenters. The lowest BCUT2D eigenvalue weighted by molar-refractivity contribution is 0.137. The van der Waals surface area contributed by atoms with Gasteiger partial charge in [-0.3, -0.25) is 0 Å². The van der Waals surface area contributed by atoms with E-state index in [0.717, 1.165) is 0 Å². The molecule has 0 bridgehead atoms. The van der Waals surface area contributed by atoms with Gasteiger partial charge < -0.3 is 21.7 Å². The fourth-order valence-electron chi connectivity index (χ4n) is 0. The second-order valence-corrected chi connectivity index (χ2v) is 2.00. The Balaban J connectivity index is 0. The van der Waals surface area contributed by atoms with Gasteiger partial charge in [0.2, 0.25) is 0 Å². The topological polar surface area (TPSA) is 110 Å². The summed E-state index contributed by atoms with van der Waals surface area (Å²) < 4.78 is 0. The van der Waals surface area contributed by atoms with Crippen molar-refractivity contribution in [2.75, 3.05) is 0 Å². The summed E-state index contributed by atoms with van der Waals surface area (Å²) in [6, 6.07) is 0.259. The van der Waals surface area contributed by atoms with E-state index in [0.29, 0.717) is 0 Å². The van der Waals surface area contributed by atoms with Gasteiger partial charge in [0.1, 0.15) is 0 Å². The number of hydrogen-bond acceptors (Lipinski definition) is 3. The lowest BCUT2D eigenvalue weighted by Gasteiger charge is -2.06. The van der Waals surface area contributed by atoms with Crippen molar-refractivity contribution in [2.45, 2.75) is 25.9 Å². The molecule has 0 saturated carbocycles. The molecule has 0 saturated heterocycles. The van der Waals surface area contributed by atoms with Crippen molar-refractivity contribution < 1.29 is 15.0 Å². The molecule has 0 rings (SSSR count). The van der Waals surface area contributed by atoms with E-state index in [2.05, 4.69) is 0 Å². The summed E-state index contributed by atoms with van der Waals surface area (Å²) in [5.41, 5.74) is 10.6. The first-order valence-electron chi connectivity index (χ1n) is 2.81. The minimum Gasteiger partial charge on any atom is -0.450 e. The molecule has 0 aromatic carbocycles. The summed E-state index contributed by atoms with van der Waals surface area (Å²) in [6.45, 7) is 3.79. The second kappa shape index (κ2) is 6.31. The molecule has 0 amide bonds. The van der Waals surface area contributed by atoms with Gasteiger partial charge in [0.25, 0.3) is 0 Å². The molecule has 6 N–H and O–H groups in total. The van der Waals surface area contributed by atoms with Crippen LogP contribution in [0.15, 0.2) is 0 Å². The van der Waals surface area contributed by atoms with Crippen LogP contribution < -0.4 is 11.5 Å². The highest BCUT2D eigenvalue weighted by molar-refractivity contribution is 5.53. The van der Waals surface area contributed by atoms with Gasteiger partial charge >= 0.3 is 6.16 Å². The molecule has 5 heteroatoms. The van der Waals surface area contributed by atoms with Crippen LogP contribution in [0.3, 0.4) is 0 Å². The first-order chi connectivity index (χ1) is 4.37. The monoisotopic (exact) mass is 150 g/mol. The molecule has 10 heavy (non-hydrogen) atoms. The molecule has 0 heterocycles. The predicted octanol–water partition coefficient (Wildman–Crippen LogP) is -0.0968. The zero-order valence-corrected chi connectivity index (χ0v) is 6.11. The summed E-state index contributed by atoms with van der Waals surface area (Å²) in [5.74, 6) is 0. The van der Waals surface area contributed by atoms with E-state index in [1.807, 2.05) is 13.8 Å². The van der Waals surface area contributed by atoms with Crippen LogP contribution in [0.1, 0.15) is 13.8 Å². The highest BCUT2D eigenvalue weighted by Gasteiger charge is 1.96. The van der Waals surface area contributed by atoms with Crippen molar-refractivity contribution in [2.24, 2.45) is 11.5 Å². The fraction of sp³-hybridized carbons (Fsp3) is 0.800. The lowest BCUT2D eigenvalue weighted by Crippen LogP contribution is -2.35. The third kappa shape index (κ3) is 27.1. The molecule has 0 aliphatic heterocycles.